The molecule has 0 bridgehead atoms. The minimum absolute atomic E-state index is 0.0869. The molecule has 7 heteroatoms. The molecule has 2 aromatic heterocycles. The molecule has 2 aliphatic rings. The first-order valence-corrected chi connectivity index (χ1v) is 10.2. The van der Waals surface area contributed by atoms with Crippen molar-refractivity contribution >= 4 is 5.91 Å². The Hall–Kier alpha value is -2.15. The van der Waals surface area contributed by atoms with E-state index in [1.165, 1.54) is 32.1 Å². The van der Waals surface area contributed by atoms with Gasteiger partial charge in [0.1, 0.15) is 12.1 Å². The van der Waals surface area contributed by atoms with Crippen molar-refractivity contribution in [3.8, 4) is 0 Å². The zero-order valence-corrected chi connectivity index (χ0v) is 15.8. The van der Waals surface area contributed by atoms with Crippen LogP contribution in [0.15, 0.2) is 29.1 Å². The summed E-state index contributed by atoms with van der Waals surface area (Å²) in [4.78, 5) is 14.9. The maximum atomic E-state index is 12.6. The monoisotopic (exact) mass is 371 g/mol. The molecule has 1 saturated heterocycles. The average molecular weight is 371 g/mol. The number of nitrogens with one attached hydrogen (secondary N) is 1. The number of hydrogen-bond donors (Lipinski definition) is 1. The molecule has 0 atom stereocenters. The largest absolute Gasteiger partial charge is 0.468 e. The lowest BCUT2D eigenvalue weighted by Crippen LogP contribution is -2.40. The van der Waals surface area contributed by atoms with Gasteiger partial charge in [0.25, 0.3) is 0 Å². The second-order valence-corrected chi connectivity index (χ2v) is 7.79. The Bertz CT molecular complexity index is 713. The van der Waals surface area contributed by atoms with Crippen LogP contribution in [-0.4, -0.2) is 38.7 Å². The number of nitrogens with zero attached hydrogens (tertiary/aromatic N) is 4. The number of carbonyl (C=O) groups is 1. The number of furan rings is 1. The third-order valence-corrected chi connectivity index (χ3v) is 5.95. The summed E-state index contributed by atoms with van der Waals surface area (Å²) in [5, 5.41) is 11.4. The van der Waals surface area contributed by atoms with Crippen LogP contribution in [-0.2, 0) is 17.9 Å². The summed E-state index contributed by atoms with van der Waals surface area (Å²) in [7, 11) is 0. The summed E-state index contributed by atoms with van der Waals surface area (Å²) in [5.74, 6) is 2.10. The first kappa shape index (κ1) is 18.2. The molecule has 1 aliphatic carbocycles. The normalized spacial score (nSPS) is 20.0. The highest BCUT2D eigenvalue weighted by Crippen LogP contribution is 2.28. The van der Waals surface area contributed by atoms with Gasteiger partial charge >= 0.3 is 0 Å². The molecule has 27 heavy (non-hydrogen) atoms. The van der Waals surface area contributed by atoms with Gasteiger partial charge in [0, 0.05) is 12.0 Å². The first-order valence-electron chi connectivity index (χ1n) is 10.2. The maximum Gasteiger partial charge on any atom is 0.223 e. The number of hydrogen-bond acceptors (Lipinski definition) is 5. The van der Waals surface area contributed by atoms with E-state index in [2.05, 4.69) is 25.0 Å². The van der Waals surface area contributed by atoms with Crippen molar-refractivity contribution in [3.05, 3.63) is 36.3 Å². The highest BCUT2D eigenvalue weighted by molar-refractivity contribution is 5.78. The molecule has 7 nitrogen and oxygen atoms in total. The summed E-state index contributed by atoms with van der Waals surface area (Å²) in [6.45, 7) is 3.15. The molecular formula is C20H29N5O2. The van der Waals surface area contributed by atoms with Crippen LogP contribution in [0, 0.1) is 5.92 Å². The van der Waals surface area contributed by atoms with Gasteiger partial charge in [-0.15, -0.1) is 10.2 Å². The fourth-order valence-electron chi connectivity index (χ4n) is 4.34. The van der Waals surface area contributed by atoms with Crippen molar-refractivity contribution in [2.45, 2.75) is 64.1 Å². The topological polar surface area (TPSA) is 76.2 Å². The number of likely N-dealkylation sites (tertiary alicyclic amines) is 1. The second-order valence-electron chi connectivity index (χ2n) is 7.79. The van der Waals surface area contributed by atoms with E-state index in [4.69, 9.17) is 4.42 Å². The van der Waals surface area contributed by atoms with Crippen LogP contribution >= 0.6 is 0 Å². The Morgan fingerprint density at radius 1 is 1.19 bits per heavy atom. The molecule has 1 saturated carbocycles. The Morgan fingerprint density at radius 2 is 2.00 bits per heavy atom. The van der Waals surface area contributed by atoms with E-state index in [1.807, 2.05) is 18.5 Å². The fraction of sp³-hybridized carbons (Fsp3) is 0.650. The van der Waals surface area contributed by atoms with Gasteiger partial charge in [0.05, 0.1) is 19.4 Å². The van der Waals surface area contributed by atoms with Crippen molar-refractivity contribution in [3.63, 3.8) is 0 Å². The van der Waals surface area contributed by atoms with Gasteiger partial charge < -0.3 is 14.3 Å². The van der Waals surface area contributed by atoms with E-state index in [1.54, 1.807) is 6.26 Å². The predicted octanol–water partition coefficient (Wildman–Crippen LogP) is 2.90. The van der Waals surface area contributed by atoms with Gasteiger partial charge in [-0.25, -0.2) is 0 Å². The zero-order chi connectivity index (χ0) is 18.5. The summed E-state index contributed by atoms with van der Waals surface area (Å²) < 4.78 is 7.59. The van der Waals surface area contributed by atoms with Crippen molar-refractivity contribution in [1.82, 2.24) is 25.0 Å². The third kappa shape index (κ3) is 4.58. The van der Waals surface area contributed by atoms with Gasteiger partial charge in [-0.2, -0.15) is 0 Å². The summed E-state index contributed by atoms with van der Waals surface area (Å²) in [6, 6.07) is 4.41. The van der Waals surface area contributed by atoms with Gasteiger partial charge in [-0.1, -0.05) is 19.3 Å². The molecule has 1 amide bonds. The van der Waals surface area contributed by atoms with Crippen LogP contribution in [0.2, 0.25) is 0 Å². The number of amides is 1. The third-order valence-electron chi connectivity index (χ3n) is 5.95. The second kappa shape index (κ2) is 8.69. The van der Waals surface area contributed by atoms with Crippen LogP contribution in [0.25, 0.3) is 0 Å². The van der Waals surface area contributed by atoms with E-state index >= 15 is 0 Å². The number of carbonyl (C=O) groups excluding carboxylic acids is 1. The first-order chi connectivity index (χ1) is 13.3. The lowest BCUT2D eigenvalue weighted by molar-refractivity contribution is -0.126. The molecule has 0 radical (unpaired) electrons. The zero-order valence-electron chi connectivity index (χ0n) is 15.8. The van der Waals surface area contributed by atoms with Gasteiger partial charge in [-0.3, -0.25) is 9.69 Å². The van der Waals surface area contributed by atoms with Crippen LogP contribution in [0.3, 0.4) is 0 Å². The Morgan fingerprint density at radius 3 is 2.74 bits per heavy atom. The van der Waals surface area contributed by atoms with E-state index < -0.39 is 0 Å². The van der Waals surface area contributed by atoms with Gasteiger partial charge in [-0.05, 0) is 50.9 Å². The number of piperidine rings is 1. The molecule has 1 aliphatic heterocycles. The fourth-order valence-corrected chi connectivity index (χ4v) is 4.34. The van der Waals surface area contributed by atoms with Crippen LogP contribution in [0.4, 0.5) is 0 Å². The minimum Gasteiger partial charge on any atom is -0.468 e. The molecule has 0 aromatic carbocycles. The number of rotatable bonds is 6. The van der Waals surface area contributed by atoms with Crippen LogP contribution < -0.4 is 5.32 Å². The lowest BCUT2D eigenvalue weighted by atomic mass is 9.95. The molecule has 146 valence electrons. The van der Waals surface area contributed by atoms with Crippen molar-refractivity contribution in [1.29, 1.82) is 0 Å². The van der Waals surface area contributed by atoms with Gasteiger partial charge in [0.2, 0.25) is 5.91 Å². The van der Waals surface area contributed by atoms with Crippen LogP contribution in [0.5, 0.6) is 0 Å². The highest BCUT2D eigenvalue weighted by Gasteiger charge is 2.26. The Balaban J connectivity index is 1.24. The predicted molar refractivity (Wildman–Crippen MR) is 101 cm³/mol. The molecule has 1 N–H and O–H groups in total. The quantitative estimate of drug-likeness (QED) is 0.845. The molecule has 2 fully saturated rings. The van der Waals surface area contributed by atoms with E-state index in [0.717, 1.165) is 44.1 Å². The van der Waals surface area contributed by atoms with E-state index in [0.29, 0.717) is 12.6 Å². The van der Waals surface area contributed by atoms with Gasteiger partial charge in [0.15, 0.2) is 5.82 Å². The lowest BCUT2D eigenvalue weighted by Gasteiger charge is -2.30. The SMILES string of the molecule is O=C(NCc1nncn1C1CCCCC1)C1CCN(Cc2ccco2)CC1. The van der Waals surface area contributed by atoms with Crippen molar-refractivity contribution in [2.75, 3.05) is 13.1 Å². The standard InChI is InChI=1S/C20H29N5O2/c26-20(16-8-10-24(11-9-16)14-18-7-4-12-27-18)21-13-19-23-22-15-25(19)17-5-2-1-3-6-17/h4,7,12,15-17H,1-3,5-6,8-11,13-14H2,(H,21,26). The van der Waals surface area contributed by atoms with E-state index in [9.17, 15) is 4.79 Å². The molecule has 0 spiro atoms. The van der Waals surface area contributed by atoms with Crippen LogP contribution in [0.1, 0.15) is 62.6 Å². The Labute approximate surface area is 160 Å². The van der Waals surface area contributed by atoms with Crippen molar-refractivity contribution < 1.29 is 9.21 Å². The summed E-state index contributed by atoms with van der Waals surface area (Å²) in [5.41, 5.74) is 0. The molecular weight excluding hydrogens is 342 g/mol. The van der Waals surface area contributed by atoms with E-state index in [-0.39, 0.29) is 11.8 Å². The van der Waals surface area contributed by atoms with Crippen molar-refractivity contribution in [2.24, 2.45) is 5.92 Å². The smallest absolute Gasteiger partial charge is 0.223 e. The maximum absolute atomic E-state index is 12.6. The molecule has 2 aromatic rings. The molecule has 4 rings (SSSR count). The molecule has 0 unspecified atom stereocenters. The molecule has 3 heterocycles. The highest BCUT2D eigenvalue weighted by atomic mass is 16.3. The minimum atomic E-state index is 0.0869. The average Bonchev–Trinajstić information content (AvgIpc) is 3.39. The summed E-state index contributed by atoms with van der Waals surface area (Å²) in [6.07, 6.45) is 11.6. The Kier molecular flexibility index (Phi) is 5.87. The number of aromatic nitrogens is 3. The summed E-state index contributed by atoms with van der Waals surface area (Å²) >= 11 is 0.